The number of esters is 1. The largest absolute Gasteiger partial charge is 0.504 e. The molecule has 0 atom stereocenters. The summed E-state index contributed by atoms with van der Waals surface area (Å²) in [4.78, 5) is 11.7. The van der Waals surface area contributed by atoms with Crippen LogP contribution < -0.4 is 0 Å². The fourth-order valence-corrected chi connectivity index (χ4v) is 1.10. The van der Waals surface area contributed by atoms with Crippen molar-refractivity contribution in [3.63, 3.8) is 0 Å². The van der Waals surface area contributed by atoms with E-state index in [2.05, 4.69) is 0 Å². The summed E-state index contributed by atoms with van der Waals surface area (Å²) < 4.78 is 5.18. The Morgan fingerprint density at radius 2 is 1.71 bits per heavy atom. The Morgan fingerprint density at radius 3 is 2.12 bits per heavy atom. The minimum atomic E-state index is -0.664. The summed E-state index contributed by atoms with van der Waals surface area (Å²) in [6.45, 7) is 5.38. The Bertz CT molecular complexity index is 414. The van der Waals surface area contributed by atoms with Crippen LogP contribution in [0, 0.1) is 0 Å². The Morgan fingerprint density at radius 1 is 1.24 bits per heavy atom. The molecule has 5 heteroatoms. The van der Waals surface area contributed by atoms with Gasteiger partial charge in [-0.05, 0) is 32.4 Å². The maximum Gasteiger partial charge on any atom is 0.338 e. The third-order valence-electron chi connectivity index (χ3n) is 2.53. The first kappa shape index (κ1) is 13.2. The zero-order valence-electron chi connectivity index (χ0n) is 10.0. The van der Waals surface area contributed by atoms with Gasteiger partial charge in [0.25, 0.3) is 0 Å². The van der Waals surface area contributed by atoms with Gasteiger partial charge in [-0.15, -0.1) is 0 Å². The number of benzene rings is 1. The van der Waals surface area contributed by atoms with Crippen LogP contribution in [0.5, 0.6) is 17.2 Å². The van der Waals surface area contributed by atoms with E-state index in [1.165, 1.54) is 0 Å². The quantitative estimate of drug-likeness (QED) is 0.556. The molecule has 0 saturated heterocycles. The van der Waals surface area contributed by atoms with E-state index in [-0.39, 0.29) is 5.56 Å². The molecule has 0 amide bonds. The summed E-state index contributed by atoms with van der Waals surface area (Å²) in [6, 6.07) is 2.09. The number of carbonyl (C=O) groups excluding carboxylic acids is 1. The molecule has 17 heavy (non-hydrogen) atoms. The molecule has 0 aliphatic carbocycles. The van der Waals surface area contributed by atoms with Crippen molar-refractivity contribution in [3.05, 3.63) is 17.7 Å². The van der Waals surface area contributed by atoms with Crippen molar-refractivity contribution in [1.29, 1.82) is 0 Å². The highest BCUT2D eigenvalue weighted by atomic mass is 16.6. The van der Waals surface area contributed by atoms with Crippen LogP contribution in [0.1, 0.15) is 37.6 Å². The molecule has 94 valence electrons. The van der Waals surface area contributed by atoms with E-state index < -0.39 is 28.8 Å². The number of carbonyl (C=O) groups is 1. The molecular weight excluding hydrogens is 224 g/mol. The molecule has 5 nitrogen and oxygen atoms in total. The van der Waals surface area contributed by atoms with E-state index in [0.717, 1.165) is 12.1 Å². The molecular formula is C12H16O5. The second-order valence-corrected chi connectivity index (χ2v) is 4.37. The Labute approximate surface area is 99.3 Å². The Kier molecular flexibility index (Phi) is 3.50. The van der Waals surface area contributed by atoms with E-state index in [9.17, 15) is 15.0 Å². The van der Waals surface area contributed by atoms with E-state index in [4.69, 9.17) is 9.84 Å². The van der Waals surface area contributed by atoms with Crippen LogP contribution in [-0.2, 0) is 4.74 Å². The second-order valence-electron chi connectivity index (χ2n) is 4.37. The summed E-state index contributed by atoms with van der Waals surface area (Å²) in [7, 11) is 0. The van der Waals surface area contributed by atoms with Crippen LogP contribution in [0.4, 0.5) is 0 Å². The van der Waals surface area contributed by atoms with Crippen molar-refractivity contribution >= 4 is 5.97 Å². The SMILES string of the molecule is CCC(C)(C)OC(=O)c1cc(O)c(O)c(O)c1. The number of ether oxygens (including phenoxy) is 1. The molecule has 1 rings (SSSR count). The number of rotatable bonds is 3. The lowest BCUT2D eigenvalue weighted by Crippen LogP contribution is -2.27. The number of phenols is 3. The van der Waals surface area contributed by atoms with Crippen LogP contribution >= 0.6 is 0 Å². The molecule has 1 aromatic carbocycles. The lowest BCUT2D eigenvalue weighted by Gasteiger charge is -2.23. The van der Waals surface area contributed by atoms with Crippen molar-refractivity contribution in [2.75, 3.05) is 0 Å². The summed E-state index contributed by atoms with van der Waals surface area (Å²) in [5.74, 6) is -2.45. The van der Waals surface area contributed by atoms with Gasteiger partial charge in [0.15, 0.2) is 17.2 Å². The van der Waals surface area contributed by atoms with Crippen LogP contribution in [0.2, 0.25) is 0 Å². The first-order valence-electron chi connectivity index (χ1n) is 5.25. The number of phenolic OH excluding ortho intramolecular Hbond substituents is 3. The Balaban J connectivity index is 2.98. The summed E-state index contributed by atoms with van der Waals surface area (Å²) in [6.07, 6.45) is 0.634. The first-order chi connectivity index (χ1) is 7.76. The van der Waals surface area contributed by atoms with E-state index >= 15 is 0 Å². The minimum absolute atomic E-state index is 0.0145. The third-order valence-corrected chi connectivity index (χ3v) is 2.53. The van der Waals surface area contributed by atoms with Crippen LogP contribution in [-0.4, -0.2) is 26.9 Å². The molecule has 0 bridgehead atoms. The van der Waals surface area contributed by atoms with Gasteiger partial charge in [0, 0.05) is 0 Å². The summed E-state index contributed by atoms with van der Waals surface area (Å²) >= 11 is 0. The fraction of sp³-hybridized carbons (Fsp3) is 0.417. The molecule has 0 fully saturated rings. The van der Waals surface area contributed by atoms with Crippen LogP contribution in [0.3, 0.4) is 0 Å². The van der Waals surface area contributed by atoms with Gasteiger partial charge in [0.05, 0.1) is 5.56 Å². The zero-order valence-corrected chi connectivity index (χ0v) is 10.0. The molecule has 0 spiro atoms. The predicted octanol–water partition coefficient (Wildman–Crippen LogP) is 2.15. The minimum Gasteiger partial charge on any atom is -0.504 e. The van der Waals surface area contributed by atoms with E-state index in [1.807, 2.05) is 6.92 Å². The van der Waals surface area contributed by atoms with Gasteiger partial charge in [-0.25, -0.2) is 4.79 Å². The van der Waals surface area contributed by atoms with Gasteiger partial charge in [-0.1, -0.05) is 6.92 Å². The average molecular weight is 240 g/mol. The van der Waals surface area contributed by atoms with Gasteiger partial charge >= 0.3 is 5.97 Å². The molecule has 0 heterocycles. The monoisotopic (exact) mass is 240 g/mol. The van der Waals surface area contributed by atoms with Crippen LogP contribution in [0.25, 0.3) is 0 Å². The number of hydrogen-bond donors (Lipinski definition) is 3. The standard InChI is InChI=1S/C12H16O5/c1-4-12(2,3)17-11(16)7-5-8(13)10(15)9(14)6-7/h5-6,13-15H,4H2,1-3H3. The summed E-state index contributed by atoms with van der Waals surface area (Å²) in [5, 5.41) is 27.7. The van der Waals surface area contributed by atoms with Crippen molar-refractivity contribution in [2.45, 2.75) is 32.8 Å². The molecule has 0 saturated carbocycles. The molecule has 0 aliphatic rings. The van der Waals surface area contributed by atoms with Crippen molar-refractivity contribution in [1.82, 2.24) is 0 Å². The predicted molar refractivity (Wildman–Crippen MR) is 61.2 cm³/mol. The highest BCUT2D eigenvalue weighted by Gasteiger charge is 2.23. The van der Waals surface area contributed by atoms with Gasteiger partial charge in [-0.2, -0.15) is 0 Å². The van der Waals surface area contributed by atoms with Crippen molar-refractivity contribution < 1.29 is 24.9 Å². The van der Waals surface area contributed by atoms with Crippen LogP contribution in [0.15, 0.2) is 12.1 Å². The molecule has 0 aromatic heterocycles. The normalized spacial score (nSPS) is 11.2. The van der Waals surface area contributed by atoms with E-state index in [1.54, 1.807) is 13.8 Å². The van der Waals surface area contributed by atoms with Gasteiger partial charge < -0.3 is 20.1 Å². The lowest BCUT2D eigenvalue weighted by atomic mass is 10.1. The Hall–Kier alpha value is -1.91. The first-order valence-corrected chi connectivity index (χ1v) is 5.25. The molecule has 0 unspecified atom stereocenters. The molecule has 0 radical (unpaired) electrons. The summed E-state index contributed by atoms with van der Waals surface area (Å²) in [5.41, 5.74) is -0.639. The van der Waals surface area contributed by atoms with Gasteiger partial charge in [0.2, 0.25) is 0 Å². The second kappa shape index (κ2) is 4.53. The molecule has 3 N–H and O–H groups in total. The van der Waals surface area contributed by atoms with Crippen molar-refractivity contribution in [2.24, 2.45) is 0 Å². The van der Waals surface area contributed by atoms with E-state index in [0.29, 0.717) is 6.42 Å². The third kappa shape index (κ3) is 3.03. The highest BCUT2D eigenvalue weighted by molar-refractivity contribution is 5.91. The topological polar surface area (TPSA) is 87.0 Å². The maximum atomic E-state index is 11.7. The number of hydrogen-bond acceptors (Lipinski definition) is 5. The van der Waals surface area contributed by atoms with Gasteiger partial charge in [0.1, 0.15) is 5.60 Å². The zero-order chi connectivity index (χ0) is 13.2. The van der Waals surface area contributed by atoms with Gasteiger partial charge in [-0.3, -0.25) is 0 Å². The maximum absolute atomic E-state index is 11.7. The lowest BCUT2D eigenvalue weighted by molar-refractivity contribution is -0.00251. The highest BCUT2D eigenvalue weighted by Crippen LogP contribution is 2.35. The molecule has 1 aromatic rings. The van der Waals surface area contributed by atoms with Crippen molar-refractivity contribution in [3.8, 4) is 17.2 Å². The number of aromatic hydroxyl groups is 3. The fourth-order valence-electron chi connectivity index (χ4n) is 1.10. The smallest absolute Gasteiger partial charge is 0.338 e. The molecule has 0 aliphatic heterocycles. The average Bonchev–Trinajstić information content (AvgIpc) is 2.24.